The minimum Gasteiger partial charge on any atom is -0.465 e. The number of methoxy groups -OCH3 is 1. The van der Waals surface area contributed by atoms with Crippen LogP contribution in [-0.2, 0) is 17.7 Å². The summed E-state index contributed by atoms with van der Waals surface area (Å²) in [5.41, 5.74) is 3.82. The van der Waals surface area contributed by atoms with E-state index in [1.54, 1.807) is 17.0 Å². The number of hydrogen-bond donors (Lipinski definition) is 2. The maximum absolute atomic E-state index is 12.7. The van der Waals surface area contributed by atoms with Crippen molar-refractivity contribution in [3.05, 3.63) is 69.4 Å². The maximum atomic E-state index is 12.7. The van der Waals surface area contributed by atoms with Crippen molar-refractivity contribution in [2.75, 3.05) is 19.0 Å². The molecule has 9 nitrogen and oxygen atoms in total. The lowest BCUT2D eigenvalue weighted by molar-refractivity contribution is -0.384. The number of nitro groups is 1. The molecule has 0 unspecified atom stereocenters. The molecule has 1 aliphatic heterocycles. The van der Waals surface area contributed by atoms with Crippen LogP contribution in [0.1, 0.15) is 21.6 Å². The van der Waals surface area contributed by atoms with E-state index in [9.17, 15) is 19.7 Å². The third-order valence-electron chi connectivity index (χ3n) is 5.01. The number of benzene rings is 2. The van der Waals surface area contributed by atoms with Crippen LogP contribution in [0.5, 0.6) is 0 Å². The minimum atomic E-state index is -0.489. The number of non-ortho nitro benzene ring substituents is 1. The summed E-state index contributed by atoms with van der Waals surface area (Å²) in [5, 5.41) is 14.4. The van der Waals surface area contributed by atoms with Crippen molar-refractivity contribution in [3.8, 4) is 0 Å². The Morgan fingerprint density at radius 3 is 2.66 bits per heavy atom. The molecule has 1 aliphatic rings. The maximum Gasteiger partial charge on any atom is 0.337 e. The lowest BCUT2D eigenvalue weighted by atomic mass is 10.0. The van der Waals surface area contributed by atoms with Crippen molar-refractivity contribution >= 4 is 34.3 Å². The fourth-order valence-electron chi connectivity index (χ4n) is 3.50. The molecule has 2 aromatic carbocycles. The molecule has 4 rings (SSSR count). The van der Waals surface area contributed by atoms with E-state index in [4.69, 9.17) is 4.74 Å². The number of nitro benzene ring substituents is 1. The van der Waals surface area contributed by atoms with Crippen molar-refractivity contribution < 1.29 is 19.2 Å². The Hall–Kier alpha value is -3.88. The van der Waals surface area contributed by atoms with Crippen LogP contribution < -0.4 is 5.32 Å². The third-order valence-corrected chi connectivity index (χ3v) is 5.01. The quantitative estimate of drug-likeness (QED) is 0.401. The molecule has 9 heteroatoms. The van der Waals surface area contributed by atoms with E-state index in [0.29, 0.717) is 30.8 Å². The zero-order chi connectivity index (χ0) is 20.5. The van der Waals surface area contributed by atoms with Gasteiger partial charge in [0.05, 0.1) is 17.6 Å². The van der Waals surface area contributed by atoms with Gasteiger partial charge in [0.1, 0.15) is 0 Å². The molecule has 2 heterocycles. The van der Waals surface area contributed by atoms with E-state index in [1.165, 1.54) is 31.4 Å². The highest BCUT2D eigenvalue weighted by Gasteiger charge is 2.25. The van der Waals surface area contributed by atoms with Gasteiger partial charge >= 0.3 is 12.0 Å². The number of rotatable bonds is 3. The van der Waals surface area contributed by atoms with Gasteiger partial charge in [0.2, 0.25) is 0 Å². The summed E-state index contributed by atoms with van der Waals surface area (Å²) in [4.78, 5) is 39.8. The van der Waals surface area contributed by atoms with Crippen LogP contribution in [0.25, 0.3) is 10.9 Å². The molecule has 0 saturated heterocycles. The Labute approximate surface area is 165 Å². The van der Waals surface area contributed by atoms with E-state index in [1.807, 2.05) is 6.07 Å². The third kappa shape index (κ3) is 3.49. The highest BCUT2D eigenvalue weighted by Crippen LogP contribution is 2.29. The summed E-state index contributed by atoms with van der Waals surface area (Å²) in [6.07, 6.45) is 0.658. The average Bonchev–Trinajstić information content (AvgIpc) is 3.10. The monoisotopic (exact) mass is 394 g/mol. The first kappa shape index (κ1) is 18.5. The summed E-state index contributed by atoms with van der Waals surface area (Å²) >= 11 is 0. The van der Waals surface area contributed by atoms with Crippen LogP contribution in [0.4, 0.5) is 16.2 Å². The molecule has 0 spiro atoms. The molecular weight excluding hydrogens is 376 g/mol. The van der Waals surface area contributed by atoms with Crippen molar-refractivity contribution in [2.24, 2.45) is 0 Å². The molecule has 2 N–H and O–H groups in total. The van der Waals surface area contributed by atoms with Crippen LogP contribution in [0.3, 0.4) is 0 Å². The average molecular weight is 394 g/mol. The van der Waals surface area contributed by atoms with E-state index in [-0.39, 0.29) is 11.7 Å². The Morgan fingerprint density at radius 2 is 1.97 bits per heavy atom. The summed E-state index contributed by atoms with van der Waals surface area (Å²) in [6.45, 7) is 0.918. The van der Waals surface area contributed by atoms with Crippen LogP contribution in [0.15, 0.2) is 42.5 Å². The molecule has 3 aromatic rings. The SMILES string of the molecule is COC(=O)c1ccc2[nH]c3c(c2c1)CN(C(=O)Nc1ccc([N+](=O)[O-])cc1)CC3. The van der Waals surface area contributed by atoms with Crippen molar-refractivity contribution in [2.45, 2.75) is 13.0 Å². The standard InChI is InChI=1S/C20H18N4O5/c1-29-19(25)12-2-7-17-15(10-12)16-11-23(9-8-18(16)22-17)20(26)21-13-3-5-14(6-4-13)24(27)28/h2-7,10,22H,8-9,11H2,1H3,(H,21,26). The second-order valence-corrected chi connectivity index (χ2v) is 6.74. The molecule has 0 radical (unpaired) electrons. The minimum absolute atomic E-state index is 0.0363. The topological polar surface area (TPSA) is 118 Å². The zero-order valence-corrected chi connectivity index (χ0v) is 15.6. The molecule has 29 heavy (non-hydrogen) atoms. The van der Waals surface area contributed by atoms with Crippen LogP contribution in [0, 0.1) is 10.1 Å². The molecule has 0 fully saturated rings. The Balaban J connectivity index is 1.54. The van der Waals surface area contributed by atoms with Gasteiger partial charge in [0.25, 0.3) is 5.69 Å². The molecule has 0 bridgehead atoms. The van der Waals surface area contributed by atoms with Crippen LogP contribution in [0.2, 0.25) is 0 Å². The highest BCUT2D eigenvalue weighted by atomic mass is 16.6. The van der Waals surface area contributed by atoms with Gasteiger partial charge in [-0.05, 0) is 30.3 Å². The number of fused-ring (bicyclic) bond motifs is 3. The lowest BCUT2D eigenvalue weighted by Crippen LogP contribution is -2.38. The van der Waals surface area contributed by atoms with Gasteiger partial charge in [-0.25, -0.2) is 9.59 Å². The number of esters is 1. The number of ether oxygens (including phenoxy) is 1. The molecule has 1 aromatic heterocycles. The number of aromatic nitrogens is 1. The molecule has 148 valence electrons. The van der Waals surface area contributed by atoms with Crippen LogP contribution >= 0.6 is 0 Å². The number of nitrogens with one attached hydrogen (secondary N) is 2. The Morgan fingerprint density at radius 1 is 1.21 bits per heavy atom. The Bertz CT molecular complexity index is 1120. The molecule has 0 saturated carbocycles. The van der Waals surface area contributed by atoms with Crippen molar-refractivity contribution in [3.63, 3.8) is 0 Å². The summed E-state index contributed by atoms with van der Waals surface area (Å²) in [7, 11) is 1.34. The predicted octanol–water partition coefficient (Wildman–Crippen LogP) is 3.45. The number of carbonyl (C=O) groups excluding carboxylic acids is 2. The fraction of sp³-hybridized carbons (Fsp3) is 0.200. The zero-order valence-electron chi connectivity index (χ0n) is 15.6. The van der Waals surface area contributed by atoms with E-state index >= 15 is 0 Å². The second kappa shape index (κ2) is 7.27. The number of aromatic amines is 1. The van der Waals surface area contributed by atoms with E-state index in [0.717, 1.165) is 22.2 Å². The summed E-state index contributed by atoms with van der Waals surface area (Å²) < 4.78 is 4.79. The first-order valence-electron chi connectivity index (χ1n) is 8.98. The van der Waals surface area contributed by atoms with E-state index in [2.05, 4.69) is 10.3 Å². The first-order chi connectivity index (χ1) is 14.0. The number of H-pyrrole nitrogens is 1. The van der Waals surface area contributed by atoms with Crippen LogP contribution in [-0.4, -0.2) is 40.5 Å². The van der Waals surface area contributed by atoms with Crippen molar-refractivity contribution in [1.82, 2.24) is 9.88 Å². The summed E-state index contributed by atoms with van der Waals surface area (Å²) in [5.74, 6) is -0.412. The molecule has 2 amide bonds. The molecule has 0 aliphatic carbocycles. The van der Waals surface area contributed by atoms with Gasteiger partial charge in [-0.3, -0.25) is 10.1 Å². The number of anilines is 1. The number of urea groups is 1. The Kier molecular flexibility index (Phi) is 4.63. The van der Waals surface area contributed by atoms with E-state index < -0.39 is 10.9 Å². The number of amides is 2. The lowest BCUT2D eigenvalue weighted by Gasteiger charge is -2.27. The van der Waals surface area contributed by atoms with Gasteiger partial charge in [-0.2, -0.15) is 0 Å². The number of nitrogens with zero attached hydrogens (tertiary/aromatic N) is 2. The van der Waals surface area contributed by atoms with Crippen molar-refractivity contribution in [1.29, 1.82) is 0 Å². The largest absolute Gasteiger partial charge is 0.465 e. The number of hydrogen-bond acceptors (Lipinski definition) is 5. The smallest absolute Gasteiger partial charge is 0.337 e. The van der Waals surface area contributed by atoms with Gasteiger partial charge in [-0.15, -0.1) is 0 Å². The second-order valence-electron chi connectivity index (χ2n) is 6.74. The number of carbonyl (C=O) groups is 2. The fourth-order valence-corrected chi connectivity index (χ4v) is 3.50. The molecule has 0 atom stereocenters. The first-order valence-corrected chi connectivity index (χ1v) is 8.98. The molecular formula is C20H18N4O5. The van der Waals surface area contributed by atoms with Gasteiger partial charge < -0.3 is 19.9 Å². The normalized spacial score (nSPS) is 13.1. The highest BCUT2D eigenvalue weighted by molar-refractivity contribution is 5.96. The van der Waals surface area contributed by atoms with Gasteiger partial charge in [-0.1, -0.05) is 0 Å². The summed E-state index contributed by atoms with van der Waals surface area (Å²) in [6, 6.07) is 10.7. The van der Waals surface area contributed by atoms with Gasteiger partial charge in [0, 0.05) is 59.5 Å². The van der Waals surface area contributed by atoms with Gasteiger partial charge in [0.15, 0.2) is 0 Å². The predicted molar refractivity (Wildman–Crippen MR) is 106 cm³/mol.